The minimum absolute atomic E-state index is 0.201. The molecule has 0 unspecified atom stereocenters. The second-order valence-corrected chi connectivity index (χ2v) is 5.54. The molecule has 2 aliphatic rings. The first-order chi connectivity index (χ1) is 9.92. The highest BCUT2D eigenvalue weighted by Gasteiger charge is 2.30. The number of fused-ring (bicyclic) bond motifs is 1. The molecule has 2 aliphatic heterocycles. The first kappa shape index (κ1) is 12.1. The van der Waals surface area contributed by atoms with Crippen LogP contribution in [0, 0.1) is 0 Å². The molecule has 3 heterocycles. The molecule has 1 saturated heterocycles. The van der Waals surface area contributed by atoms with Gasteiger partial charge in [-0.3, -0.25) is 0 Å². The molecule has 4 heteroatoms. The second-order valence-electron chi connectivity index (χ2n) is 5.54. The minimum atomic E-state index is 0.201. The third kappa shape index (κ3) is 2.05. The molecule has 1 aromatic heterocycles. The highest BCUT2D eigenvalue weighted by molar-refractivity contribution is 5.60. The lowest BCUT2D eigenvalue weighted by molar-refractivity contribution is 0.0199. The van der Waals surface area contributed by atoms with Crippen LogP contribution < -0.4 is 5.32 Å². The van der Waals surface area contributed by atoms with E-state index in [4.69, 9.17) is 9.26 Å². The van der Waals surface area contributed by atoms with Crippen molar-refractivity contribution in [1.29, 1.82) is 0 Å². The maximum absolute atomic E-state index is 6.02. The molecular weight excluding hydrogens is 252 g/mol. The molecule has 1 aromatic carbocycles. The number of nitrogens with zero attached hydrogens (tertiary/aromatic N) is 1. The van der Waals surface area contributed by atoms with Crippen molar-refractivity contribution >= 4 is 0 Å². The Morgan fingerprint density at radius 1 is 1.25 bits per heavy atom. The van der Waals surface area contributed by atoms with Crippen molar-refractivity contribution in [2.75, 3.05) is 13.2 Å². The van der Waals surface area contributed by atoms with Gasteiger partial charge in [-0.05, 0) is 43.0 Å². The topological polar surface area (TPSA) is 47.3 Å². The second kappa shape index (κ2) is 5.04. The molecule has 0 aliphatic carbocycles. The average molecular weight is 270 g/mol. The number of rotatable bonds is 2. The standard InChI is InChI=1S/C16H18N2O2/c1-2-15(17-7-1)16-13-4-3-12(14-6-9-20-18-14)10-11(13)5-8-19-16/h3-4,6,9-10,15-17H,1-2,5,7-8H2/t15-,16-/m0/s1. The molecule has 0 bridgehead atoms. The third-order valence-electron chi connectivity index (χ3n) is 4.32. The third-order valence-corrected chi connectivity index (χ3v) is 4.32. The van der Waals surface area contributed by atoms with Gasteiger partial charge < -0.3 is 14.6 Å². The van der Waals surface area contributed by atoms with E-state index in [2.05, 4.69) is 28.7 Å². The fourth-order valence-corrected chi connectivity index (χ4v) is 3.31. The van der Waals surface area contributed by atoms with E-state index in [0.717, 1.165) is 30.8 Å². The van der Waals surface area contributed by atoms with Crippen molar-refractivity contribution in [1.82, 2.24) is 10.5 Å². The molecule has 0 radical (unpaired) electrons. The van der Waals surface area contributed by atoms with Crippen LogP contribution in [0.25, 0.3) is 11.3 Å². The predicted molar refractivity (Wildman–Crippen MR) is 75.4 cm³/mol. The first-order valence-electron chi connectivity index (χ1n) is 7.30. The van der Waals surface area contributed by atoms with Crippen molar-refractivity contribution in [2.45, 2.75) is 31.4 Å². The van der Waals surface area contributed by atoms with Crippen molar-refractivity contribution in [3.63, 3.8) is 0 Å². The van der Waals surface area contributed by atoms with Gasteiger partial charge in [-0.15, -0.1) is 0 Å². The molecule has 20 heavy (non-hydrogen) atoms. The van der Waals surface area contributed by atoms with Gasteiger partial charge in [-0.25, -0.2) is 0 Å². The van der Waals surface area contributed by atoms with Gasteiger partial charge >= 0.3 is 0 Å². The van der Waals surface area contributed by atoms with Gasteiger partial charge in [0.05, 0.1) is 12.7 Å². The zero-order chi connectivity index (χ0) is 13.4. The lowest BCUT2D eigenvalue weighted by atomic mass is 9.90. The van der Waals surface area contributed by atoms with Crippen LogP contribution in [0.3, 0.4) is 0 Å². The maximum Gasteiger partial charge on any atom is 0.124 e. The molecule has 1 N–H and O–H groups in total. The lowest BCUT2D eigenvalue weighted by Crippen LogP contribution is -2.33. The van der Waals surface area contributed by atoms with Crippen LogP contribution in [0.5, 0.6) is 0 Å². The zero-order valence-electron chi connectivity index (χ0n) is 11.3. The highest BCUT2D eigenvalue weighted by atomic mass is 16.5. The minimum Gasteiger partial charge on any atom is -0.372 e. The Morgan fingerprint density at radius 2 is 2.25 bits per heavy atom. The maximum atomic E-state index is 6.02. The van der Waals surface area contributed by atoms with E-state index in [0.29, 0.717) is 6.04 Å². The van der Waals surface area contributed by atoms with Gasteiger partial charge in [0.1, 0.15) is 12.0 Å². The fourth-order valence-electron chi connectivity index (χ4n) is 3.31. The van der Waals surface area contributed by atoms with Crippen LogP contribution >= 0.6 is 0 Å². The van der Waals surface area contributed by atoms with Crippen LogP contribution in [0.2, 0.25) is 0 Å². The van der Waals surface area contributed by atoms with E-state index < -0.39 is 0 Å². The molecule has 0 saturated carbocycles. The largest absolute Gasteiger partial charge is 0.372 e. The van der Waals surface area contributed by atoms with E-state index in [1.165, 1.54) is 24.0 Å². The molecule has 4 nitrogen and oxygen atoms in total. The highest BCUT2D eigenvalue weighted by Crippen LogP contribution is 2.34. The molecule has 1 fully saturated rings. The smallest absolute Gasteiger partial charge is 0.124 e. The first-order valence-corrected chi connectivity index (χ1v) is 7.30. The van der Waals surface area contributed by atoms with E-state index in [9.17, 15) is 0 Å². The number of hydrogen-bond acceptors (Lipinski definition) is 4. The van der Waals surface area contributed by atoms with Crippen molar-refractivity contribution < 1.29 is 9.26 Å². The molecule has 0 amide bonds. The zero-order valence-corrected chi connectivity index (χ0v) is 11.3. The summed E-state index contributed by atoms with van der Waals surface area (Å²) < 4.78 is 11.0. The van der Waals surface area contributed by atoms with Gasteiger partial charge in [0.15, 0.2) is 0 Å². The van der Waals surface area contributed by atoms with Crippen LogP contribution in [-0.4, -0.2) is 24.4 Å². The quantitative estimate of drug-likeness (QED) is 0.911. The Morgan fingerprint density at radius 3 is 3.05 bits per heavy atom. The van der Waals surface area contributed by atoms with Gasteiger partial charge in [-0.1, -0.05) is 17.3 Å². The number of benzene rings is 1. The van der Waals surface area contributed by atoms with Crippen LogP contribution in [0.4, 0.5) is 0 Å². The summed E-state index contributed by atoms with van der Waals surface area (Å²) in [6, 6.07) is 8.91. The van der Waals surface area contributed by atoms with E-state index in [-0.39, 0.29) is 6.10 Å². The summed E-state index contributed by atoms with van der Waals surface area (Å²) in [7, 11) is 0. The summed E-state index contributed by atoms with van der Waals surface area (Å²) in [6.45, 7) is 1.91. The summed E-state index contributed by atoms with van der Waals surface area (Å²) in [6.07, 6.45) is 5.24. The summed E-state index contributed by atoms with van der Waals surface area (Å²) in [5.41, 5.74) is 4.74. The van der Waals surface area contributed by atoms with E-state index in [1.54, 1.807) is 6.26 Å². The molecule has 4 rings (SSSR count). The lowest BCUT2D eigenvalue weighted by Gasteiger charge is -2.30. The summed E-state index contributed by atoms with van der Waals surface area (Å²) in [4.78, 5) is 0. The van der Waals surface area contributed by atoms with E-state index >= 15 is 0 Å². The molecular formula is C16H18N2O2. The van der Waals surface area contributed by atoms with Gasteiger partial charge in [0.2, 0.25) is 0 Å². The normalized spacial score (nSPS) is 25.6. The number of ether oxygens (including phenoxy) is 1. The van der Waals surface area contributed by atoms with Crippen molar-refractivity contribution in [2.24, 2.45) is 0 Å². The predicted octanol–water partition coefficient (Wildman–Crippen LogP) is 2.71. The van der Waals surface area contributed by atoms with Gasteiger partial charge in [0, 0.05) is 17.7 Å². The van der Waals surface area contributed by atoms with Crippen LogP contribution in [-0.2, 0) is 11.2 Å². The fraction of sp³-hybridized carbons (Fsp3) is 0.438. The average Bonchev–Trinajstić information content (AvgIpc) is 3.19. The Kier molecular flexibility index (Phi) is 3.05. The molecule has 0 spiro atoms. The SMILES string of the molecule is c1cc(-c2ccc3c(c2)CCO[C@@H]3[C@@H]2CCCN2)no1. The summed E-state index contributed by atoms with van der Waals surface area (Å²) >= 11 is 0. The molecule has 2 aromatic rings. The van der Waals surface area contributed by atoms with E-state index in [1.807, 2.05) is 6.07 Å². The van der Waals surface area contributed by atoms with Crippen molar-refractivity contribution in [3.8, 4) is 11.3 Å². The number of aromatic nitrogens is 1. The van der Waals surface area contributed by atoms with Gasteiger partial charge in [-0.2, -0.15) is 0 Å². The number of hydrogen-bond donors (Lipinski definition) is 1. The summed E-state index contributed by atoms with van der Waals surface area (Å²) in [5.74, 6) is 0. The van der Waals surface area contributed by atoms with Crippen LogP contribution in [0.15, 0.2) is 35.1 Å². The van der Waals surface area contributed by atoms with Crippen molar-refractivity contribution in [3.05, 3.63) is 41.7 Å². The monoisotopic (exact) mass is 270 g/mol. The number of nitrogens with one attached hydrogen (secondary N) is 1. The molecule has 104 valence electrons. The molecule has 2 atom stereocenters. The van der Waals surface area contributed by atoms with Crippen LogP contribution in [0.1, 0.15) is 30.1 Å². The Hall–Kier alpha value is -1.65. The summed E-state index contributed by atoms with van der Waals surface area (Å²) in [5, 5.41) is 7.57. The van der Waals surface area contributed by atoms with Gasteiger partial charge in [0.25, 0.3) is 0 Å². The Bertz CT molecular complexity index is 589. The Balaban J connectivity index is 1.69. The Labute approximate surface area is 118 Å².